The fourth-order valence-electron chi connectivity index (χ4n) is 2.09. The van der Waals surface area contributed by atoms with Gasteiger partial charge in [-0.15, -0.1) is 0 Å². The zero-order chi connectivity index (χ0) is 12.8. The van der Waals surface area contributed by atoms with E-state index in [9.17, 15) is 4.79 Å². The molecule has 0 aliphatic rings. The van der Waals surface area contributed by atoms with Crippen molar-refractivity contribution in [3.8, 4) is 0 Å². The topological polar surface area (TPSA) is 48.0 Å². The van der Waals surface area contributed by atoms with Gasteiger partial charge < -0.3 is 10.3 Å². The number of aryl methyl sites for hydroxylation is 1. The number of hydrogen-bond acceptors (Lipinski definition) is 2. The lowest BCUT2D eigenvalue weighted by Gasteiger charge is -2.21. The number of benzene rings is 1. The average Bonchev–Trinajstić information content (AvgIpc) is 2.21. The first-order valence-electron chi connectivity index (χ1n) is 5.70. The molecule has 0 atom stereocenters. The van der Waals surface area contributed by atoms with Crippen molar-refractivity contribution in [1.82, 2.24) is 4.57 Å². The lowest BCUT2D eigenvalue weighted by atomic mass is 9.84. The molecule has 0 fully saturated rings. The van der Waals surface area contributed by atoms with Crippen LogP contribution in [0, 0.1) is 0 Å². The predicted octanol–water partition coefficient (Wildman–Crippen LogP) is 2.42. The Morgan fingerprint density at radius 2 is 1.88 bits per heavy atom. The third-order valence-electron chi connectivity index (χ3n) is 3.01. The van der Waals surface area contributed by atoms with Crippen LogP contribution in [0.4, 0.5) is 5.69 Å². The quantitative estimate of drug-likeness (QED) is 0.706. The highest BCUT2D eigenvalue weighted by atomic mass is 16.1. The van der Waals surface area contributed by atoms with Gasteiger partial charge in [-0.05, 0) is 34.6 Å². The van der Waals surface area contributed by atoms with Gasteiger partial charge in [0.1, 0.15) is 0 Å². The molecule has 0 saturated heterocycles. The number of nitrogens with zero attached hydrogens (tertiary/aromatic N) is 1. The fraction of sp³-hybridized carbons (Fsp3) is 0.357. The van der Waals surface area contributed by atoms with Crippen LogP contribution in [0.15, 0.2) is 29.2 Å². The van der Waals surface area contributed by atoms with Crippen LogP contribution >= 0.6 is 0 Å². The van der Waals surface area contributed by atoms with Crippen molar-refractivity contribution in [3.63, 3.8) is 0 Å². The molecule has 2 rings (SSSR count). The summed E-state index contributed by atoms with van der Waals surface area (Å²) in [5, 5.41) is 1.69. The number of nitrogens with two attached hydrogens (primary N) is 1. The molecule has 3 heteroatoms. The summed E-state index contributed by atoms with van der Waals surface area (Å²) >= 11 is 0. The molecule has 0 radical (unpaired) electrons. The second kappa shape index (κ2) is 3.62. The Balaban J connectivity index is 3.01. The highest BCUT2D eigenvalue weighted by Gasteiger charge is 2.19. The standard InChI is InChI=1S/C14H18N2O/c1-14(2,3)11-8-10(15)7-9-5-6-16(4)13(17)12(9)11/h5-8H,15H2,1-4H3. The zero-order valence-corrected chi connectivity index (χ0v) is 10.7. The molecule has 90 valence electrons. The van der Waals surface area contributed by atoms with Crippen LogP contribution in [-0.2, 0) is 12.5 Å². The second-order valence-corrected chi connectivity index (χ2v) is 5.51. The van der Waals surface area contributed by atoms with Crippen molar-refractivity contribution >= 4 is 16.5 Å². The number of aromatic nitrogens is 1. The molecule has 0 spiro atoms. The minimum absolute atomic E-state index is 0.0347. The molecule has 0 aliphatic heterocycles. The van der Waals surface area contributed by atoms with E-state index in [2.05, 4.69) is 20.8 Å². The maximum atomic E-state index is 12.2. The molecule has 3 nitrogen and oxygen atoms in total. The van der Waals surface area contributed by atoms with E-state index in [0.717, 1.165) is 16.3 Å². The van der Waals surface area contributed by atoms with Gasteiger partial charge in [0.05, 0.1) is 5.39 Å². The van der Waals surface area contributed by atoms with Gasteiger partial charge in [0.2, 0.25) is 0 Å². The SMILES string of the molecule is Cn1ccc2cc(N)cc(C(C)(C)C)c2c1=O. The second-order valence-electron chi connectivity index (χ2n) is 5.51. The van der Waals surface area contributed by atoms with Crippen molar-refractivity contribution in [2.45, 2.75) is 26.2 Å². The molecule has 1 aromatic carbocycles. The average molecular weight is 230 g/mol. The highest BCUT2D eigenvalue weighted by Crippen LogP contribution is 2.30. The monoisotopic (exact) mass is 230 g/mol. The maximum Gasteiger partial charge on any atom is 0.258 e. The van der Waals surface area contributed by atoms with Crippen LogP contribution in [-0.4, -0.2) is 4.57 Å². The van der Waals surface area contributed by atoms with Crippen LogP contribution in [0.5, 0.6) is 0 Å². The van der Waals surface area contributed by atoms with E-state index < -0.39 is 0 Å². The van der Waals surface area contributed by atoms with Gasteiger partial charge >= 0.3 is 0 Å². The molecule has 0 bridgehead atoms. The minimum Gasteiger partial charge on any atom is -0.399 e. The summed E-state index contributed by atoms with van der Waals surface area (Å²) in [4.78, 5) is 12.2. The molecule has 0 unspecified atom stereocenters. The molecule has 2 aromatic rings. The summed E-state index contributed by atoms with van der Waals surface area (Å²) in [6, 6.07) is 5.69. The Morgan fingerprint density at radius 3 is 2.47 bits per heavy atom. The third-order valence-corrected chi connectivity index (χ3v) is 3.01. The van der Waals surface area contributed by atoms with Gasteiger partial charge in [0, 0.05) is 18.9 Å². The van der Waals surface area contributed by atoms with Gasteiger partial charge in [-0.2, -0.15) is 0 Å². The number of rotatable bonds is 0. The van der Waals surface area contributed by atoms with Gasteiger partial charge in [-0.25, -0.2) is 0 Å². The van der Waals surface area contributed by atoms with Crippen molar-refractivity contribution in [2.24, 2.45) is 7.05 Å². The van der Waals surface area contributed by atoms with Gasteiger partial charge in [-0.3, -0.25) is 4.79 Å². The van der Waals surface area contributed by atoms with Crippen LogP contribution in [0.1, 0.15) is 26.3 Å². The number of pyridine rings is 1. The van der Waals surface area contributed by atoms with Crippen LogP contribution in [0.2, 0.25) is 0 Å². The van der Waals surface area contributed by atoms with E-state index in [1.165, 1.54) is 0 Å². The molecular formula is C14H18N2O. The summed E-state index contributed by atoms with van der Waals surface area (Å²) in [7, 11) is 1.77. The zero-order valence-electron chi connectivity index (χ0n) is 10.7. The largest absolute Gasteiger partial charge is 0.399 e. The predicted molar refractivity (Wildman–Crippen MR) is 72.3 cm³/mol. The normalized spacial score (nSPS) is 12.0. The van der Waals surface area contributed by atoms with Crippen molar-refractivity contribution in [2.75, 3.05) is 5.73 Å². The molecule has 2 N–H and O–H groups in total. The Labute approximate surface area is 101 Å². The summed E-state index contributed by atoms with van der Waals surface area (Å²) in [5.74, 6) is 0. The van der Waals surface area contributed by atoms with Gasteiger partial charge in [0.25, 0.3) is 5.56 Å². The van der Waals surface area contributed by atoms with E-state index in [4.69, 9.17) is 5.73 Å². The molecule has 0 saturated carbocycles. The summed E-state index contributed by atoms with van der Waals surface area (Å²) in [5.41, 5.74) is 7.55. The van der Waals surface area contributed by atoms with Crippen molar-refractivity contribution in [1.29, 1.82) is 0 Å². The van der Waals surface area contributed by atoms with Crippen LogP contribution in [0.3, 0.4) is 0 Å². The highest BCUT2D eigenvalue weighted by molar-refractivity contribution is 5.88. The lowest BCUT2D eigenvalue weighted by Crippen LogP contribution is -2.21. The number of hydrogen-bond donors (Lipinski definition) is 1. The van der Waals surface area contributed by atoms with E-state index >= 15 is 0 Å². The Hall–Kier alpha value is -1.77. The first-order chi connectivity index (χ1) is 7.80. The summed E-state index contributed by atoms with van der Waals surface area (Å²) in [6.07, 6.45) is 1.77. The molecule has 0 aliphatic carbocycles. The molecule has 1 aromatic heterocycles. The summed E-state index contributed by atoms with van der Waals surface area (Å²) < 4.78 is 1.60. The molecule has 0 amide bonds. The van der Waals surface area contributed by atoms with Crippen LogP contribution in [0.25, 0.3) is 10.8 Å². The first-order valence-corrected chi connectivity index (χ1v) is 5.70. The maximum absolute atomic E-state index is 12.2. The van der Waals surface area contributed by atoms with Crippen molar-refractivity contribution in [3.05, 3.63) is 40.3 Å². The van der Waals surface area contributed by atoms with E-state index in [1.807, 2.05) is 18.2 Å². The number of nitrogen functional groups attached to an aromatic ring is 1. The Kier molecular flexibility index (Phi) is 2.49. The summed E-state index contributed by atoms with van der Waals surface area (Å²) in [6.45, 7) is 6.27. The van der Waals surface area contributed by atoms with E-state index in [1.54, 1.807) is 17.8 Å². The lowest BCUT2D eigenvalue weighted by molar-refractivity contribution is 0.595. The van der Waals surface area contributed by atoms with Gasteiger partial charge in [-0.1, -0.05) is 20.8 Å². The molecular weight excluding hydrogens is 212 g/mol. The van der Waals surface area contributed by atoms with Crippen LogP contribution < -0.4 is 11.3 Å². The Morgan fingerprint density at radius 1 is 1.24 bits per heavy atom. The third kappa shape index (κ3) is 1.93. The van der Waals surface area contributed by atoms with E-state index in [0.29, 0.717) is 5.69 Å². The number of anilines is 1. The Bertz CT molecular complexity index is 633. The fourth-order valence-corrected chi connectivity index (χ4v) is 2.09. The van der Waals surface area contributed by atoms with Gasteiger partial charge in [0.15, 0.2) is 0 Å². The first kappa shape index (κ1) is 11.7. The van der Waals surface area contributed by atoms with E-state index in [-0.39, 0.29) is 11.0 Å². The number of fused-ring (bicyclic) bond motifs is 1. The molecule has 1 heterocycles. The van der Waals surface area contributed by atoms with Crippen molar-refractivity contribution < 1.29 is 0 Å². The molecule has 17 heavy (non-hydrogen) atoms. The smallest absolute Gasteiger partial charge is 0.258 e. The minimum atomic E-state index is -0.0961.